The lowest BCUT2D eigenvalue weighted by atomic mass is 10.2. The molecule has 0 saturated carbocycles. The Hall–Kier alpha value is -2.88. The molecule has 1 atom stereocenters. The summed E-state index contributed by atoms with van der Waals surface area (Å²) in [5.41, 5.74) is 3.24. The Labute approximate surface area is 191 Å². The number of thiazole rings is 1. The van der Waals surface area contributed by atoms with Gasteiger partial charge in [-0.15, -0.1) is 23.1 Å². The first-order valence-electron chi connectivity index (χ1n) is 9.60. The van der Waals surface area contributed by atoms with Crippen molar-refractivity contribution in [1.29, 1.82) is 0 Å². The van der Waals surface area contributed by atoms with Crippen LogP contribution in [0, 0.1) is 6.92 Å². The molecule has 0 bridgehead atoms. The van der Waals surface area contributed by atoms with Crippen LogP contribution in [0.3, 0.4) is 0 Å². The summed E-state index contributed by atoms with van der Waals surface area (Å²) in [5.74, 6) is -0.0311. The Morgan fingerprint density at radius 1 is 1.23 bits per heavy atom. The smallest absolute Gasteiger partial charge is 0.272 e. The first-order chi connectivity index (χ1) is 15.1. The van der Waals surface area contributed by atoms with Crippen molar-refractivity contribution in [3.8, 4) is 0 Å². The maximum Gasteiger partial charge on any atom is 0.272 e. The fraction of sp³-hybridized carbons (Fsp3) is 0.136. The molecule has 1 aliphatic heterocycles. The molecule has 6 nitrogen and oxygen atoms in total. The van der Waals surface area contributed by atoms with Crippen LogP contribution in [0.4, 0.5) is 16.5 Å². The molecule has 0 spiro atoms. The van der Waals surface area contributed by atoms with E-state index in [0.29, 0.717) is 10.0 Å². The van der Waals surface area contributed by atoms with Crippen LogP contribution in [0.1, 0.15) is 15.2 Å². The number of para-hydroxylation sites is 1. The summed E-state index contributed by atoms with van der Waals surface area (Å²) >= 11 is 4.24. The lowest BCUT2D eigenvalue weighted by molar-refractivity contribution is -0.113. The predicted molar refractivity (Wildman–Crippen MR) is 130 cm³/mol. The summed E-state index contributed by atoms with van der Waals surface area (Å²) in [4.78, 5) is 32.6. The van der Waals surface area contributed by atoms with Crippen molar-refractivity contribution in [2.24, 2.45) is 0 Å². The molecule has 156 valence electrons. The van der Waals surface area contributed by atoms with Crippen molar-refractivity contribution in [1.82, 2.24) is 4.98 Å². The van der Waals surface area contributed by atoms with Gasteiger partial charge < -0.3 is 10.6 Å². The average molecular weight is 467 g/mol. The first-order valence-corrected chi connectivity index (χ1v) is 12.3. The number of nitrogens with one attached hydrogen (secondary N) is 2. The standard InChI is InChI=1S/C22H18N4O2S3/c1-13-7-8-15-17(11-13)31-21(23-15)25-18(27)12-30-22-24-16-9-10-29-19(16)20(28)26(22)14-5-3-2-4-6-14/h2-11,22,24H,12H2,1H3,(H,23,25,27). The van der Waals surface area contributed by atoms with Crippen molar-refractivity contribution in [2.75, 3.05) is 21.3 Å². The second-order valence-corrected chi connectivity index (χ2v) is 10.0. The van der Waals surface area contributed by atoms with Crippen molar-refractivity contribution >= 4 is 73.0 Å². The summed E-state index contributed by atoms with van der Waals surface area (Å²) in [7, 11) is 0. The zero-order valence-electron chi connectivity index (χ0n) is 16.5. The summed E-state index contributed by atoms with van der Waals surface area (Å²) in [5, 5.41) is 8.76. The van der Waals surface area contributed by atoms with Gasteiger partial charge in [0.2, 0.25) is 5.91 Å². The SMILES string of the molecule is Cc1ccc2nc(NC(=O)CSC3Nc4ccsc4C(=O)N3c3ccccc3)sc2c1. The van der Waals surface area contributed by atoms with Crippen molar-refractivity contribution in [3.63, 3.8) is 0 Å². The Balaban J connectivity index is 1.31. The Bertz CT molecular complexity index is 1270. The van der Waals surface area contributed by atoms with Gasteiger partial charge in [-0.25, -0.2) is 4.98 Å². The predicted octanol–water partition coefficient (Wildman–Crippen LogP) is 5.39. The number of thioether (sulfide) groups is 1. The number of nitrogens with zero attached hydrogens (tertiary/aromatic N) is 2. The van der Waals surface area contributed by atoms with Crippen molar-refractivity contribution in [3.05, 3.63) is 70.4 Å². The Kier molecular flexibility index (Phi) is 5.39. The number of aryl methyl sites for hydroxylation is 1. The van der Waals surface area contributed by atoms with E-state index in [1.54, 1.807) is 4.90 Å². The van der Waals surface area contributed by atoms with E-state index >= 15 is 0 Å². The molecule has 0 fully saturated rings. The number of rotatable bonds is 5. The first kappa shape index (κ1) is 20.0. The third kappa shape index (κ3) is 4.04. The molecule has 3 heterocycles. The fourth-order valence-corrected chi connectivity index (χ4v) is 6.09. The summed E-state index contributed by atoms with van der Waals surface area (Å²) < 4.78 is 1.04. The van der Waals surface area contributed by atoms with Crippen LogP contribution in [-0.2, 0) is 4.79 Å². The van der Waals surface area contributed by atoms with Crippen LogP contribution in [0.15, 0.2) is 60.0 Å². The quantitative estimate of drug-likeness (QED) is 0.412. The molecule has 4 aromatic rings. The van der Waals surface area contributed by atoms with Gasteiger partial charge in [-0.2, -0.15) is 0 Å². The van der Waals surface area contributed by atoms with E-state index in [2.05, 4.69) is 21.7 Å². The van der Waals surface area contributed by atoms with E-state index in [4.69, 9.17) is 0 Å². The molecule has 31 heavy (non-hydrogen) atoms. The number of carbonyl (C=O) groups is 2. The molecular formula is C22H18N4O2S3. The van der Waals surface area contributed by atoms with E-state index in [1.807, 2.05) is 60.8 Å². The lowest BCUT2D eigenvalue weighted by Gasteiger charge is -2.36. The van der Waals surface area contributed by atoms with Crippen LogP contribution in [-0.4, -0.2) is 28.0 Å². The van der Waals surface area contributed by atoms with Gasteiger partial charge >= 0.3 is 0 Å². The molecule has 1 aliphatic rings. The zero-order valence-corrected chi connectivity index (χ0v) is 18.9. The van der Waals surface area contributed by atoms with Gasteiger partial charge in [0.15, 0.2) is 10.6 Å². The minimum atomic E-state index is -0.388. The van der Waals surface area contributed by atoms with Gasteiger partial charge in [0, 0.05) is 5.69 Å². The normalized spacial score (nSPS) is 15.6. The van der Waals surface area contributed by atoms with Crippen LogP contribution < -0.4 is 15.5 Å². The highest BCUT2D eigenvalue weighted by atomic mass is 32.2. The zero-order chi connectivity index (χ0) is 21.4. The molecule has 0 radical (unpaired) electrons. The van der Waals surface area contributed by atoms with Crippen LogP contribution >= 0.6 is 34.4 Å². The summed E-state index contributed by atoms with van der Waals surface area (Å²) in [6.07, 6.45) is 0. The highest BCUT2D eigenvalue weighted by molar-refractivity contribution is 8.00. The van der Waals surface area contributed by atoms with Crippen LogP contribution in [0.25, 0.3) is 10.2 Å². The van der Waals surface area contributed by atoms with Crippen LogP contribution in [0.5, 0.6) is 0 Å². The van der Waals surface area contributed by atoms with E-state index in [1.165, 1.54) is 34.4 Å². The van der Waals surface area contributed by atoms with Crippen molar-refractivity contribution < 1.29 is 9.59 Å². The number of carbonyl (C=O) groups excluding carboxylic acids is 2. The summed E-state index contributed by atoms with van der Waals surface area (Å²) in [6, 6.07) is 17.4. The molecule has 2 amide bonds. The van der Waals surface area contributed by atoms with Gasteiger partial charge in [-0.05, 0) is 48.2 Å². The number of anilines is 3. The van der Waals surface area contributed by atoms with Gasteiger partial charge in [0.05, 0.1) is 21.7 Å². The van der Waals surface area contributed by atoms with E-state index < -0.39 is 0 Å². The molecule has 0 aliphatic carbocycles. The van der Waals surface area contributed by atoms with Gasteiger partial charge in [0.1, 0.15) is 4.88 Å². The molecule has 2 aromatic heterocycles. The molecule has 1 unspecified atom stereocenters. The maximum absolute atomic E-state index is 13.1. The second kappa shape index (κ2) is 8.33. The Morgan fingerprint density at radius 3 is 2.90 bits per heavy atom. The molecule has 9 heteroatoms. The van der Waals surface area contributed by atoms with E-state index in [0.717, 1.165) is 27.2 Å². The number of fused-ring (bicyclic) bond motifs is 2. The highest BCUT2D eigenvalue weighted by Gasteiger charge is 2.34. The molecule has 2 aromatic carbocycles. The number of amides is 2. The lowest BCUT2D eigenvalue weighted by Crippen LogP contribution is -2.47. The van der Waals surface area contributed by atoms with Crippen LogP contribution in [0.2, 0.25) is 0 Å². The van der Waals surface area contributed by atoms with Gasteiger partial charge in [-0.3, -0.25) is 14.5 Å². The highest BCUT2D eigenvalue weighted by Crippen LogP contribution is 2.36. The number of hydrogen-bond acceptors (Lipinski definition) is 7. The third-order valence-electron chi connectivity index (χ3n) is 4.79. The largest absolute Gasteiger partial charge is 0.355 e. The minimum Gasteiger partial charge on any atom is -0.355 e. The average Bonchev–Trinajstić information content (AvgIpc) is 3.39. The number of aromatic nitrogens is 1. The van der Waals surface area contributed by atoms with Gasteiger partial charge in [-0.1, -0.05) is 35.6 Å². The number of benzene rings is 2. The number of hydrogen-bond donors (Lipinski definition) is 2. The van der Waals surface area contributed by atoms with E-state index in [-0.39, 0.29) is 23.1 Å². The fourth-order valence-electron chi connectivity index (χ4n) is 3.35. The van der Waals surface area contributed by atoms with Gasteiger partial charge in [0.25, 0.3) is 5.91 Å². The second-order valence-electron chi connectivity index (χ2n) is 7.02. The molecule has 0 saturated heterocycles. The topological polar surface area (TPSA) is 74.3 Å². The summed E-state index contributed by atoms with van der Waals surface area (Å²) in [6.45, 7) is 2.03. The maximum atomic E-state index is 13.1. The third-order valence-corrected chi connectivity index (χ3v) is 7.70. The monoisotopic (exact) mass is 466 g/mol. The number of thiophene rings is 1. The Morgan fingerprint density at radius 2 is 2.06 bits per heavy atom. The molecular weight excluding hydrogens is 448 g/mol. The van der Waals surface area contributed by atoms with E-state index in [9.17, 15) is 9.59 Å². The van der Waals surface area contributed by atoms with Crippen molar-refractivity contribution in [2.45, 2.75) is 12.4 Å². The molecule has 5 rings (SSSR count). The molecule has 2 N–H and O–H groups in total. The minimum absolute atomic E-state index is 0.0607.